The molecule has 0 fully saturated rings. The maximum Gasteiger partial charge on any atom is 0.154 e. The zero-order chi connectivity index (χ0) is 29.1. The van der Waals surface area contributed by atoms with Crippen LogP contribution >= 0.6 is 0 Å². The van der Waals surface area contributed by atoms with E-state index in [2.05, 4.69) is 71.1 Å². The Hall–Kier alpha value is -4.48. The van der Waals surface area contributed by atoms with Gasteiger partial charge in [0.05, 0.1) is 48.4 Å². The monoisotopic (exact) mass is 562 g/mol. The number of aromatic nitrogens is 6. The average Bonchev–Trinajstić information content (AvgIpc) is 3.61. The van der Waals surface area contributed by atoms with E-state index in [9.17, 15) is 0 Å². The van der Waals surface area contributed by atoms with Gasteiger partial charge in [-0.2, -0.15) is 10.2 Å². The molecule has 2 aromatic carbocycles. The second-order valence-corrected chi connectivity index (χ2v) is 10.3. The summed E-state index contributed by atoms with van der Waals surface area (Å²) in [6.45, 7) is 6.69. The summed E-state index contributed by atoms with van der Waals surface area (Å²) in [5, 5.41) is 33.7. The summed E-state index contributed by atoms with van der Waals surface area (Å²) in [5.41, 5.74) is 11.8. The SMILES string of the molecule is Cc1c(-c2cn3nc(CNCCO)ccc3n2)cccc1-c1cccc(-c2cn3nc(CNCCO)ccc3n2)c1C. The van der Waals surface area contributed by atoms with Crippen LogP contribution in [0.25, 0.3) is 44.9 Å². The predicted molar refractivity (Wildman–Crippen MR) is 163 cm³/mol. The van der Waals surface area contributed by atoms with E-state index in [0.29, 0.717) is 26.2 Å². The number of hydrogen-bond acceptors (Lipinski definition) is 8. The first-order valence-electron chi connectivity index (χ1n) is 14.1. The molecule has 0 saturated heterocycles. The van der Waals surface area contributed by atoms with Crippen molar-refractivity contribution in [2.75, 3.05) is 26.3 Å². The molecular weight excluding hydrogens is 528 g/mol. The number of nitrogens with zero attached hydrogens (tertiary/aromatic N) is 6. The van der Waals surface area contributed by atoms with Crippen molar-refractivity contribution in [1.29, 1.82) is 0 Å². The van der Waals surface area contributed by atoms with E-state index in [4.69, 9.17) is 20.2 Å². The molecule has 0 saturated carbocycles. The van der Waals surface area contributed by atoms with E-state index in [1.54, 1.807) is 0 Å². The van der Waals surface area contributed by atoms with Gasteiger partial charge < -0.3 is 20.8 Å². The molecule has 0 radical (unpaired) electrons. The Morgan fingerprint density at radius 2 is 1.02 bits per heavy atom. The fourth-order valence-electron chi connectivity index (χ4n) is 5.29. The van der Waals surface area contributed by atoms with Crippen molar-refractivity contribution in [3.8, 4) is 33.6 Å². The Bertz CT molecular complexity index is 1720. The minimum absolute atomic E-state index is 0.0944. The highest BCUT2D eigenvalue weighted by atomic mass is 16.3. The number of fused-ring (bicyclic) bond motifs is 2. The second kappa shape index (κ2) is 12.2. The van der Waals surface area contributed by atoms with Gasteiger partial charge in [0.15, 0.2) is 11.3 Å². The van der Waals surface area contributed by atoms with Gasteiger partial charge in [0.1, 0.15) is 0 Å². The van der Waals surface area contributed by atoms with Crippen LogP contribution in [0, 0.1) is 13.8 Å². The molecule has 0 aliphatic rings. The normalized spacial score (nSPS) is 11.6. The molecule has 6 aromatic rings. The third-order valence-corrected chi connectivity index (χ3v) is 7.45. The molecule has 0 unspecified atom stereocenters. The molecule has 10 heteroatoms. The van der Waals surface area contributed by atoms with Gasteiger partial charge in [0, 0.05) is 37.3 Å². The lowest BCUT2D eigenvalue weighted by Crippen LogP contribution is -2.18. The summed E-state index contributed by atoms with van der Waals surface area (Å²) in [7, 11) is 0. The van der Waals surface area contributed by atoms with Crippen LogP contribution in [-0.4, -0.2) is 65.7 Å². The molecule has 0 amide bonds. The molecule has 0 bridgehead atoms. The van der Waals surface area contributed by atoms with Crippen LogP contribution in [0.3, 0.4) is 0 Å². The minimum Gasteiger partial charge on any atom is -0.395 e. The van der Waals surface area contributed by atoms with Crippen molar-refractivity contribution in [3.63, 3.8) is 0 Å². The molecule has 6 rings (SSSR count). The van der Waals surface area contributed by atoms with Crippen molar-refractivity contribution in [2.45, 2.75) is 26.9 Å². The quantitative estimate of drug-likeness (QED) is 0.177. The number of benzene rings is 2. The van der Waals surface area contributed by atoms with Gasteiger partial charge in [-0.3, -0.25) is 0 Å². The first-order chi connectivity index (χ1) is 20.6. The number of hydrogen-bond donors (Lipinski definition) is 4. The van der Waals surface area contributed by atoms with Crippen LogP contribution in [0.4, 0.5) is 0 Å². The molecule has 10 nitrogen and oxygen atoms in total. The molecule has 0 aliphatic carbocycles. The molecule has 4 aromatic heterocycles. The van der Waals surface area contributed by atoms with E-state index < -0.39 is 0 Å². The highest BCUT2D eigenvalue weighted by Crippen LogP contribution is 2.36. The van der Waals surface area contributed by atoms with Crippen LogP contribution in [0.15, 0.2) is 73.1 Å². The summed E-state index contributed by atoms with van der Waals surface area (Å²) in [6, 6.07) is 20.5. The Morgan fingerprint density at radius 3 is 1.45 bits per heavy atom. The number of aliphatic hydroxyl groups is 2. The van der Waals surface area contributed by atoms with Gasteiger partial charge in [0.2, 0.25) is 0 Å². The second-order valence-electron chi connectivity index (χ2n) is 10.3. The number of rotatable bonds is 11. The molecule has 42 heavy (non-hydrogen) atoms. The third-order valence-electron chi connectivity index (χ3n) is 7.45. The Labute approximate surface area is 243 Å². The first kappa shape index (κ1) is 27.7. The number of nitrogens with one attached hydrogen (secondary N) is 2. The Balaban J connectivity index is 1.32. The van der Waals surface area contributed by atoms with Crippen LogP contribution in [-0.2, 0) is 13.1 Å². The summed E-state index contributed by atoms with van der Waals surface area (Å²) >= 11 is 0. The standard InChI is InChI=1S/C32H34N8O2/c1-21-25(5-3-7-27(21)29-19-39-31(35-29)11-9-23(37-39)17-33-13-15-41)26-6-4-8-28(22(26)2)30-20-40-32(36-30)12-10-24(38-40)18-34-14-16-42/h3-12,19-20,33-34,41-42H,13-18H2,1-2H3. The fraction of sp³-hybridized carbons (Fsp3) is 0.250. The highest BCUT2D eigenvalue weighted by molar-refractivity contribution is 5.83. The average molecular weight is 563 g/mol. The maximum absolute atomic E-state index is 9.02. The molecule has 0 atom stereocenters. The lowest BCUT2D eigenvalue weighted by molar-refractivity contribution is 0.291. The largest absolute Gasteiger partial charge is 0.395 e. The van der Waals surface area contributed by atoms with Crippen molar-refractivity contribution in [1.82, 2.24) is 39.8 Å². The van der Waals surface area contributed by atoms with E-state index in [1.807, 2.05) is 45.7 Å². The van der Waals surface area contributed by atoms with Crippen LogP contribution in [0.2, 0.25) is 0 Å². The van der Waals surface area contributed by atoms with Gasteiger partial charge >= 0.3 is 0 Å². The lowest BCUT2D eigenvalue weighted by Gasteiger charge is -2.14. The summed E-state index contributed by atoms with van der Waals surface area (Å²) < 4.78 is 3.63. The van der Waals surface area contributed by atoms with Crippen LogP contribution in [0.5, 0.6) is 0 Å². The summed E-state index contributed by atoms with van der Waals surface area (Å²) in [5.74, 6) is 0. The van der Waals surface area contributed by atoms with Gasteiger partial charge in [-0.15, -0.1) is 0 Å². The van der Waals surface area contributed by atoms with E-state index in [-0.39, 0.29) is 13.2 Å². The Kier molecular flexibility index (Phi) is 8.02. The highest BCUT2D eigenvalue weighted by Gasteiger charge is 2.16. The molecular formula is C32H34N8O2. The molecule has 0 spiro atoms. The van der Waals surface area contributed by atoms with Gasteiger partial charge in [-0.05, 0) is 60.4 Å². The van der Waals surface area contributed by atoms with Crippen LogP contribution in [0.1, 0.15) is 22.5 Å². The van der Waals surface area contributed by atoms with E-state index in [1.165, 1.54) is 0 Å². The van der Waals surface area contributed by atoms with Gasteiger partial charge in [-0.1, -0.05) is 36.4 Å². The fourth-order valence-corrected chi connectivity index (χ4v) is 5.29. The minimum atomic E-state index is 0.0944. The number of imidazole rings is 2. The van der Waals surface area contributed by atoms with Crippen molar-refractivity contribution >= 4 is 11.3 Å². The van der Waals surface area contributed by atoms with Crippen LogP contribution < -0.4 is 10.6 Å². The van der Waals surface area contributed by atoms with Crippen molar-refractivity contribution < 1.29 is 10.2 Å². The van der Waals surface area contributed by atoms with Crippen molar-refractivity contribution in [2.24, 2.45) is 0 Å². The first-order valence-corrected chi connectivity index (χ1v) is 14.1. The molecule has 0 aliphatic heterocycles. The molecule has 4 heterocycles. The summed E-state index contributed by atoms with van der Waals surface area (Å²) in [6.07, 6.45) is 3.94. The zero-order valence-electron chi connectivity index (χ0n) is 23.7. The Morgan fingerprint density at radius 1 is 0.595 bits per heavy atom. The smallest absolute Gasteiger partial charge is 0.154 e. The topological polar surface area (TPSA) is 125 Å². The molecule has 4 N–H and O–H groups in total. The van der Waals surface area contributed by atoms with Gasteiger partial charge in [0.25, 0.3) is 0 Å². The lowest BCUT2D eigenvalue weighted by atomic mass is 9.90. The van der Waals surface area contributed by atoms with Gasteiger partial charge in [-0.25, -0.2) is 19.0 Å². The van der Waals surface area contributed by atoms with Crippen molar-refractivity contribution in [3.05, 3.63) is 95.6 Å². The predicted octanol–water partition coefficient (Wildman–Crippen LogP) is 3.55. The van der Waals surface area contributed by atoms with E-state index >= 15 is 0 Å². The van der Waals surface area contributed by atoms with E-state index in [0.717, 1.165) is 67.5 Å². The maximum atomic E-state index is 9.02. The number of aliphatic hydroxyl groups excluding tert-OH is 2. The summed E-state index contributed by atoms with van der Waals surface area (Å²) in [4.78, 5) is 9.72. The molecule has 214 valence electrons. The zero-order valence-corrected chi connectivity index (χ0v) is 23.7. The third kappa shape index (κ3) is 5.53.